The number of likely N-dealkylation sites (tertiary alicyclic amines) is 1. The number of carboxylic acids is 2. The van der Waals surface area contributed by atoms with Crippen LogP contribution in [0.1, 0.15) is 42.1 Å². The molecule has 0 saturated carbocycles. The second-order valence-corrected chi connectivity index (χ2v) is 13.7. The lowest BCUT2D eigenvalue weighted by Crippen LogP contribution is -2.39. The van der Waals surface area contributed by atoms with E-state index in [1.807, 2.05) is 11.8 Å². The van der Waals surface area contributed by atoms with Gasteiger partial charge in [0.2, 0.25) is 11.7 Å². The number of methoxy groups -OCH3 is 3. The molecule has 300 valence electrons. The molecule has 3 aromatic carbocycles. The smallest absolute Gasteiger partial charge is 0.328 e. The van der Waals surface area contributed by atoms with Crippen LogP contribution in [0, 0.1) is 0 Å². The third-order valence-corrected chi connectivity index (χ3v) is 10.4. The zero-order valence-corrected chi connectivity index (χ0v) is 32.7. The number of aromatic nitrogens is 2. The van der Waals surface area contributed by atoms with Gasteiger partial charge >= 0.3 is 11.9 Å². The Balaban J connectivity index is 0.000000677. The van der Waals surface area contributed by atoms with Crippen molar-refractivity contribution in [3.8, 4) is 17.2 Å². The number of fused-ring (bicyclic) bond motifs is 1. The summed E-state index contributed by atoms with van der Waals surface area (Å²) in [5, 5.41) is 15.6. The maximum absolute atomic E-state index is 13.9. The number of amides is 1. The third-order valence-electron chi connectivity index (χ3n) is 10.4. The average Bonchev–Trinajstić information content (AvgIpc) is 3.74. The minimum atomic E-state index is -1.26. The van der Waals surface area contributed by atoms with E-state index in [0.717, 1.165) is 75.5 Å². The van der Waals surface area contributed by atoms with Crippen molar-refractivity contribution >= 4 is 34.8 Å². The maximum atomic E-state index is 13.9. The first-order valence-corrected chi connectivity index (χ1v) is 18.9. The van der Waals surface area contributed by atoms with Gasteiger partial charge in [0.05, 0.1) is 39.0 Å². The normalized spacial score (nSPS) is 17.4. The van der Waals surface area contributed by atoms with E-state index < -0.39 is 11.9 Å². The number of para-hydroxylation sites is 2. The first-order chi connectivity index (χ1) is 27.1. The van der Waals surface area contributed by atoms with Gasteiger partial charge < -0.3 is 48.4 Å². The summed E-state index contributed by atoms with van der Waals surface area (Å²) in [6, 6.07) is 22.6. The number of aliphatic carboxylic acids is 2. The van der Waals surface area contributed by atoms with E-state index in [4.69, 9.17) is 34.1 Å². The number of benzene rings is 3. The van der Waals surface area contributed by atoms with Crippen molar-refractivity contribution in [1.82, 2.24) is 19.4 Å². The first kappa shape index (κ1) is 41.6. The number of hydrogen-bond donors (Lipinski definition) is 2. The fourth-order valence-electron chi connectivity index (χ4n) is 7.54. The van der Waals surface area contributed by atoms with Crippen molar-refractivity contribution < 1.29 is 43.5 Å². The molecule has 4 aromatic rings. The van der Waals surface area contributed by atoms with Crippen molar-refractivity contribution in [2.75, 3.05) is 85.3 Å². The quantitative estimate of drug-likeness (QED) is 0.121. The summed E-state index contributed by atoms with van der Waals surface area (Å²) in [5.41, 5.74) is 3.89. The Kier molecular flexibility index (Phi) is 14.7. The number of carbonyl (C=O) groups is 3. The lowest BCUT2D eigenvalue weighted by molar-refractivity contribution is -0.134. The van der Waals surface area contributed by atoms with Crippen LogP contribution in [-0.2, 0) is 26.3 Å². The second-order valence-electron chi connectivity index (χ2n) is 13.7. The van der Waals surface area contributed by atoms with Gasteiger partial charge in [-0.25, -0.2) is 14.6 Å². The van der Waals surface area contributed by atoms with Crippen molar-refractivity contribution in [3.63, 3.8) is 0 Å². The van der Waals surface area contributed by atoms with Crippen LogP contribution in [0.15, 0.2) is 78.9 Å². The van der Waals surface area contributed by atoms with E-state index in [-0.39, 0.29) is 11.3 Å². The molecule has 2 aliphatic heterocycles. The number of carbonyl (C=O) groups excluding carboxylic acids is 1. The van der Waals surface area contributed by atoms with Crippen molar-refractivity contribution in [1.29, 1.82) is 0 Å². The summed E-state index contributed by atoms with van der Waals surface area (Å²) in [6.45, 7) is 10.4. The molecular weight excluding hydrogens is 718 g/mol. The number of anilines is 1. The summed E-state index contributed by atoms with van der Waals surface area (Å²) in [4.78, 5) is 45.2. The number of imidazole rings is 1. The topological polar surface area (TPSA) is 156 Å². The lowest BCUT2D eigenvalue weighted by Gasteiger charge is -2.33. The van der Waals surface area contributed by atoms with Gasteiger partial charge in [-0.3, -0.25) is 4.79 Å². The predicted octanol–water partition coefficient (Wildman–Crippen LogP) is 5.20. The van der Waals surface area contributed by atoms with Crippen molar-refractivity contribution in [3.05, 3.63) is 90.0 Å². The number of hydrogen-bond acceptors (Lipinski definition) is 10. The lowest BCUT2D eigenvalue weighted by atomic mass is 9.76. The van der Waals surface area contributed by atoms with E-state index in [1.165, 1.54) is 5.56 Å². The van der Waals surface area contributed by atoms with Gasteiger partial charge in [-0.05, 0) is 69.1 Å². The molecule has 1 unspecified atom stereocenters. The summed E-state index contributed by atoms with van der Waals surface area (Å²) in [7, 11) is 4.71. The molecule has 3 heterocycles. The van der Waals surface area contributed by atoms with Crippen molar-refractivity contribution in [2.45, 2.75) is 38.1 Å². The highest BCUT2D eigenvalue weighted by atomic mass is 16.5. The Labute approximate surface area is 327 Å². The summed E-state index contributed by atoms with van der Waals surface area (Å²) < 4.78 is 24.6. The monoisotopic (exact) mass is 771 g/mol. The maximum Gasteiger partial charge on any atom is 0.328 e. The first-order valence-electron chi connectivity index (χ1n) is 18.9. The molecule has 1 amide bonds. The number of nitrogens with zero attached hydrogens (tertiary/aromatic N) is 5. The van der Waals surface area contributed by atoms with E-state index in [1.54, 1.807) is 33.5 Å². The van der Waals surface area contributed by atoms with Gasteiger partial charge in [0.25, 0.3) is 5.91 Å². The van der Waals surface area contributed by atoms with Crippen LogP contribution in [0.25, 0.3) is 11.0 Å². The molecule has 0 aliphatic carbocycles. The number of carboxylic acid groups (broad SMARTS) is 2. The molecule has 0 spiro atoms. The van der Waals surface area contributed by atoms with Crippen LogP contribution in [0.2, 0.25) is 0 Å². The van der Waals surface area contributed by atoms with Gasteiger partial charge in [-0.15, -0.1) is 0 Å². The van der Waals surface area contributed by atoms with Crippen LogP contribution in [0.4, 0.5) is 5.95 Å². The highest BCUT2D eigenvalue weighted by Gasteiger charge is 2.42. The van der Waals surface area contributed by atoms with E-state index in [2.05, 4.69) is 69.0 Å². The molecule has 0 radical (unpaired) electrons. The van der Waals surface area contributed by atoms with E-state index in [0.29, 0.717) is 61.3 Å². The Morgan fingerprint density at radius 1 is 0.821 bits per heavy atom. The summed E-state index contributed by atoms with van der Waals surface area (Å²) in [5.74, 6) is -0.0577. The van der Waals surface area contributed by atoms with Gasteiger partial charge in [0.1, 0.15) is 0 Å². The summed E-state index contributed by atoms with van der Waals surface area (Å²) >= 11 is 0. The summed E-state index contributed by atoms with van der Waals surface area (Å²) in [6.07, 6.45) is 4.07. The molecule has 0 bridgehead atoms. The van der Waals surface area contributed by atoms with Crippen LogP contribution in [-0.4, -0.2) is 128 Å². The molecule has 1 atom stereocenters. The SMILES string of the molecule is CCOCCn1c(N2CCCN(CCC3(c4ccccc4)CCN(C(=O)c4cc(OC)c(OC)c(OC)c4)C3)CC2)nc2ccccc21.O=C(O)/C=C/C(=O)O. The Hall–Kier alpha value is -5.60. The predicted molar refractivity (Wildman–Crippen MR) is 213 cm³/mol. The fourth-order valence-corrected chi connectivity index (χ4v) is 7.54. The minimum absolute atomic E-state index is 0.0234. The van der Waals surface area contributed by atoms with Crippen molar-refractivity contribution in [2.24, 2.45) is 0 Å². The number of ether oxygens (including phenoxy) is 4. The van der Waals surface area contributed by atoms with Gasteiger partial charge in [0, 0.05) is 69.0 Å². The zero-order chi connectivity index (χ0) is 40.1. The Morgan fingerprint density at radius 2 is 1.50 bits per heavy atom. The highest BCUT2D eigenvalue weighted by Crippen LogP contribution is 2.41. The molecule has 14 heteroatoms. The second kappa shape index (κ2) is 19.8. The van der Waals surface area contributed by atoms with Crippen LogP contribution in [0.3, 0.4) is 0 Å². The van der Waals surface area contributed by atoms with E-state index >= 15 is 0 Å². The molecule has 2 N–H and O–H groups in total. The molecule has 56 heavy (non-hydrogen) atoms. The minimum Gasteiger partial charge on any atom is -0.493 e. The average molecular weight is 772 g/mol. The van der Waals surface area contributed by atoms with Crippen LogP contribution in [0.5, 0.6) is 17.2 Å². The number of rotatable bonds is 15. The molecule has 2 fully saturated rings. The molecule has 6 rings (SSSR count). The molecule has 1 aromatic heterocycles. The molecule has 14 nitrogen and oxygen atoms in total. The van der Waals surface area contributed by atoms with Crippen LogP contribution < -0.4 is 19.1 Å². The van der Waals surface area contributed by atoms with Gasteiger partial charge in [-0.1, -0.05) is 42.5 Å². The van der Waals surface area contributed by atoms with Gasteiger partial charge in [0.15, 0.2) is 11.5 Å². The molecule has 2 aliphatic rings. The fraction of sp³-hybridized carbons (Fsp3) is 0.429. The highest BCUT2D eigenvalue weighted by molar-refractivity contribution is 5.96. The Bertz CT molecular complexity index is 1930. The van der Waals surface area contributed by atoms with Gasteiger partial charge in [-0.2, -0.15) is 0 Å². The Morgan fingerprint density at radius 3 is 2.14 bits per heavy atom. The van der Waals surface area contributed by atoms with E-state index in [9.17, 15) is 14.4 Å². The third kappa shape index (κ3) is 10.2. The molecular formula is C42H53N5O9. The standard InChI is InChI=1S/C38H49N5O5.C4H4O4/c1-5-48-25-24-43-32-15-10-9-14-31(32)39-37(43)41-19-11-18-40(22-23-41)20-16-38(30-12-7-6-8-13-30)17-21-42(28-38)36(44)29-26-33(45-2)35(47-4)34(27-29)46-3;5-3(6)1-2-4(7)8/h6-10,12-15,26-27H,5,11,16-25,28H2,1-4H3;1-2H,(H,5,6)(H,7,8)/b;2-1+. The molecule has 2 saturated heterocycles. The largest absolute Gasteiger partial charge is 0.493 e. The van der Waals surface area contributed by atoms with Crippen LogP contribution >= 0.6 is 0 Å². The zero-order valence-electron chi connectivity index (χ0n) is 32.7.